The summed E-state index contributed by atoms with van der Waals surface area (Å²) >= 11 is 0. The fourth-order valence-electron chi connectivity index (χ4n) is 3.09. The molecule has 5 heteroatoms. The Hall–Kier alpha value is -1.90. The maximum absolute atomic E-state index is 12.0. The highest BCUT2D eigenvalue weighted by atomic mass is 16.3. The van der Waals surface area contributed by atoms with Crippen molar-refractivity contribution in [2.24, 2.45) is 5.92 Å². The van der Waals surface area contributed by atoms with Gasteiger partial charge in [-0.3, -0.25) is 4.79 Å². The molecule has 2 N–H and O–H groups in total. The molecule has 0 bridgehead atoms. The lowest BCUT2D eigenvalue weighted by atomic mass is 9.86. The number of anilines is 1. The Bertz CT molecular complexity index is 568. The molecule has 0 aromatic heterocycles. The van der Waals surface area contributed by atoms with Gasteiger partial charge >= 0.3 is 0 Å². The van der Waals surface area contributed by atoms with Crippen molar-refractivity contribution in [2.75, 3.05) is 25.5 Å². The van der Waals surface area contributed by atoms with E-state index in [1.165, 1.54) is 6.42 Å². The number of carbonyl (C=O) groups is 1. The first-order valence-electron chi connectivity index (χ1n) is 8.25. The molecule has 1 saturated carbocycles. The Labute approximate surface area is 137 Å². The highest BCUT2D eigenvalue weighted by Gasteiger charge is 2.24. The largest absolute Gasteiger partial charge is 0.393 e. The molecule has 23 heavy (non-hydrogen) atoms. The summed E-state index contributed by atoms with van der Waals surface area (Å²) in [6.45, 7) is 1.47. The van der Waals surface area contributed by atoms with E-state index in [4.69, 9.17) is 5.26 Å². The molecule has 2 atom stereocenters. The molecule has 2 rings (SSSR count). The lowest BCUT2D eigenvalue weighted by Crippen LogP contribution is -2.36. The summed E-state index contributed by atoms with van der Waals surface area (Å²) in [5, 5.41) is 21.8. The molecule has 0 spiro atoms. The molecule has 1 fully saturated rings. The number of nitrogens with zero attached hydrogens (tertiary/aromatic N) is 2. The van der Waals surface area contributed by atoms with Gasteiger partial charge in [0.25, 0.3) is 0 Å². The SMILES string of the molecule is CN(CCC(=O)Nc1ccccc1C#N)CC1CCCCC1O. The summed E-state index contributed by atoms with van der Waals surface area (Å²) in [7, 11) is 1.98. The van der Waals surface area contributed by atoms with Crippen LogP contribution in [-0.2, 0) is 4.79 Å². The van der Waals surface area contributed by atoms with Crippen LogP contribution >= 0.6 is 0 Å². The summed E-state index contributed by atoms with van der Waals surface area (Å²) in [6, 6.07) is 9.07. The van der Waals surface area contributed by atoms with Gasteiger partial charge in [-0.2, -0.15) is 5.26 Å². The van der Waals surface area contributed by atoms with E-state index in [0.717, 1.165) is 25.8 Å². The van der Waals surface area contributed by atoms with Gasteiger partial charge in [-0.15, -0.1) is 0 Å². The van der Waals surface area contributed by atoms with Gasteiger partial charge in [0, 0.05) is 19.5 Å². The topological polar surface area (TPSA) is 76.4 Å². The van der Waals surface area contributed by atoms with Gasteiger partial charge in [-0.1, -0.05) is 25.0 Å². The van der Waals surface area contributed by atoms with Crippen molar-refractivity contribution >= 4 is 11.6 Å². The van der Waals surface area contributed by atoms with Gasteiger partial charge in [0.05, 0.1) is 17.4 Å². The van der Waals surface area contributed by atoms with Crippen molar-refractivity contribution in [3.05, 3.63) is 29.8 Å². The second kappa shape index (κ2) is 8.66. The van der Waals surface area contributed by atoms with E-state index in [-0.39, 0.29) is 12.0 Å². The molecule has 0 aliphatic heterocycles. The lowest BCUT2D eigenvalue weighted by Gasteiger charge is -2.31. The van der Waals surface area contributed by atoms with Gasteiger partial charge in [-0.25, -0.2) is 0 Å². The molecule has 1 aromatic rings. The van der Waals surface area contributed by atoms with Crippen LogP contribution in [0.2, 0.25) is 0 Å². The first-order valence-corrected chi connectivity index (χ1v) is 8.25. The summed E-state index contributed by atoms with van der Waals surface area (Å²) in [4.78, 5) is 14.2. The molecule has 124 valence electrons. The van der Waals surface area contributed by atoms with Gasteiger partial charge in [-0.05, 0) is 37.9 Å². The van der Waals surface area contributed by atoms with Crippen LogP contribution in [0.4, 0.5) is 5.69 Å². The van der Waals surface area contributed by atoms with Gasteiger partial charge in [0.2, 0.25) is 5.91 Å². The average molecular weight is 315 g/mol. The van der Waals surface area contributed by atoms with Crippen molar-refractivity contribution in [1.82, 2.24) is 4.90 Å². The molecular formula is C18H25N3O2. The number of para-hydroxylation sites is 1. The summed E-state index contributed by atoms with van der Waals surface area (Å²) in [5.74, 6) is 0.222. The maximum Gasteiger partial charge on any atom is 0.225 e. The first kappa shape index (κ1) is 17.5. The molecule has 1 amide bonds. The van der Waals surface area contributed by atoms with Gasteiger partial charge in [0.15, 0.2) is 0 Å². The van der Waals surface area contributed by atoms with Crippen LogP contribution in [0.3, 0.4) is 0 Å². The molecule has 0 radical (unpaired) electrons. The molecule has 1 aromatic carbocycles. The van der Waals surface area contributed by atoms with Gasteiger partial charge < -0.3 is 15.3 Å². The van der Waals surface area contributed by atoms with E-state index in [2.05, 4.69) is 16.3 Å². The maximum atomic E-state index is 12.0. The second-order valence-electron chi connectivity index (χ2n) is 6.33. The average Bonchev–Trinajstić information content (AvgIpc) is 2.55. The number of aliphatic hydroxyl groups is 1. The van der Waals surface area contributed by atoms with Crippen molar-refractivity contribution in [2.45, 2.75) is 38.2 Å². The number of aliphatic hydroxyl groups excluding tert-OH is 1. The summed E-state index contributed by atoms with van der Waals surface area (Å²) < 4.78 is 0. The van der Waals surface area contributed by atoms with Crippen molar-refractivity contribution in [1.29, 1.82) is 5.26 Å². The van der Waals surface area contributed by atoms with E-state index in [9.17, 15) is 9.90 Å². The van der Waals surface area contributed by atoms with E-state index >= 15 is 0 Å². The minimum atomic E-state index is -0.206. The van der Waals surface area contributed by atoms with Crippen LogP contribution in [0, 0.1) is 17.2 Å². The number of hydrogen-bond acceptors (Lipinski definition) is 4. The van der Waals surface area contributed by atoms with E-state index in [1.807, 2.05) is 7.05 Å². The lowest BCUT2D eigenvalue weighted by molar-refractivity contribution is -0.116. The Morgan fingerprint density at radius 1 is 1.39 bits per heavy atom. The van der Waals surface area contributed by atoms with Crippen LogP contribution in [0.15, 0.2) is 24.3 Å². The zero-order chi connectivity index (χ0) is 16.7. The third-order valence-electron chi connectivity index (χ3n) is 4.46. The number of nitrogens with one attached hydrogen (secondary N) is 1. The fraction of sp³-hybridized carbons (Fsp3) is 0.556. The number of hydrogen-bond donors (Lipinski definition) is 2. The Morgan fingerprint density at radius 3 is 2.87 bits per heavy atom. The molecule has 1 aliphatic rings. The van der Waals surface area contributed by atoms with E-state index < -0.39 is 0 Å². The quantitative estimate of drug-likeness (QED) is 0.845. The molecule has 2 unspecified atom stereocenters. The molecule has 0 saturated heterocycles. The predicted molar refractivity (Wildman–Crippen MR) is 89.9 cm³/mol. The van der Waals surface area contributed by atoms with Crippen LogP contribution in [0.5, 0.6) is 0 Å². The standard InChI is InChI=1S/C18H25N3O2/c1-21(13-15-7-3-5-9-17(15)22)11-10-18(23)20-16-8-4-2-6-14(16)12-19/h2,4,6,8,15,17,22H,3,5,7,9-11,13H2,1H3,(H,20,23). The first-order chi connectivity index (χ1) is 11.1. The minimum Gasteiger partial charge on any atom is -0.393 e. The molecule has 0 heterocycles. The van der Waals surface area contributed by atoms with E-state index in [0.29, 0.717) is 30.1 Å². The van der Waals surface area contributed by atoms with Crippen LogP contribution in [-0.4, -0.2) is 42.2 Å². The minimum absolute atomic E-state index is 0.0938. The number of benzene rings is 1. The normalized spacial score (nSPS) is 21.0. The van der Waals surface area contributed by atoms with Crippen LogP contribution in [0.1, 0.15) is 37.7 Å². The van der Waals surface area contributed by atoms with Crippen LogP contribution < -0.4 is 5.32 Å². The zero-order valence-electron chi connectivity index (χ0n) is 13.7. The summed E-state index contributed by atoms with van der Waals surface area (Å²) in [5.41, 5.74) is 1.03. The number of carbonyl (C=O) groups excluding carboxylic acids is 1. The highest BCUT2D eigenvalue weighted by molar-refractivity contribution is 5.92. The smallest absolute Gasteiger partial charge is 0.225 e. The Morgan fingerprint density at radius 2 is 2.13 bits per heavy atom. The van der Waals surface area contributed by atoms with Gasteiger partial charge in [0.1, 0.15) is 6.07 Å². The second-order valence-corrected chi connectivity index (χ2v) is 6.33. The van der Waals surface area contributed by atoms with E-state index in [1.54, 1.807) is 24.3 Å². The highest BCUT2D eigenvalue weighted by Crippen LogP contribution is 2.24. The monoisotopic (exact) mass is 315 g/mol. The number of nitriles is 1. The third kappa shape index (κ3) is 5.34. The molecule has 5 nitrogen and oxygen atoms in total. The third-order valence-corrected chi connectivity index (χ3v) is 4.46. The molecule has 1 aliphatic carbocycles. The predicted octanol–water partition coefficient (Wildman–Crippen LogP) is 2.37. The van der Waals surface area contributed by atoms with Crippen LogP contribution in [0.25, 0.3) is 0 Å². The Balaban J connectivity index is 1.76. The number of amides is 1. The van der Waals surface area contributed by atoms with Crippen molar-refractivity contribution in [3.63, 3.8) is 0 Å². The fourth-order valence-corrected chi connectivity index (χ4v) is 3.09. The van der Waals surface area contributed by atoms with Crippen molar-refractivity contribution in [3.8, 4) is 6.07 Å². The molecular weight excluding hydrogens is 290 g/mol. The zero-order valence-corrected chi connectivity index (χ0v) is 13.7. The number of rotatable bonds is 6. The summed E-state index contributed by atoms with van der Waals surface area (Å²) in [6.07, 6.45) is 4.42. The Kier molecular flexibility index (Phi) is 6.57. The van der Waals surface area contributed by atoms with Crippen molar-refractivity contribution < 1.29 is 9.90 Å².